The molecule has 0 aliphatic rings. The van der Waals surface area contributed by atoms with E-state index in [-0.39, 0.29) is 17.5 Å². The van der Waals surface area contributed by atoms with E-state index in [1.54, 1.807) is 6.07 Å². The summed E-state index contributed by atoms with van der Waals surface area (Å²) in [5, 5.41) is 1.62. The first-order valence-electron chi connectivity index (χ1n) is 13.9. The van der Waals surface area contributed by atoms with E-state index in [4.69, 9.17) is 22.1 Å². The Kier molecular flexibility index (Phi) is 9.35. The zero-order valence-corrected chi connectivity index (χ0v) is 23.8. The molecule has 0 unspecified atom stereocenters. The lowest BCUT2D eigenvalue weighted by Crippen LogP contribution is -2.31. The predicted molar refractivity (Wildman–Crippen MR) is 165 cm³/mol. The molecule has 0 radical (unpaired) electrons. The highest BCUT2D eigenvalue weighted by Crippen LogP contribution is 2.37. The second-order valence-electron chi connectivity index (χ2n) is 10.3. The predicted octanol–water partition coefficient (Wildman–Crippen LogP) is 9.20. The van der Waals surface area contributed by atoms with E-state index >= 15 is 0 Å². The van der Waals surface area contributed by atoms with E-state index in [9.17, 15) is 13.2 Å². The molecule has 0 amide bonds. The van der Waals surface area contributed by atoms with Gasteiger partial charge < -0.3 is 10.5 Å². The molecule has 5 aromatic rings. The van der Waals surface area contributed by atoms with Gasteiger partial charge in [0.2, 0.25) is 0 Å². The third-order valence-electron chi connectivity index (χ3n) is 7.41. The number of hydrogen-bond acceptors (Lipinski definition) is 3. The van der Waals surface area contributed by atoms with Gasteiger partial charge in [0.1, 0.15) is 5.75 Å². The maximum Gasteiger partial charge on any atom is 0.417 e. The van der Waals surface area contributed by atoms with E-state index < -0.39 is 11.7 Å². The summed E-state index contributed by atoms with van der Waals surface area (Å²) in [4.78, 5) is 2.16. The average Bonchev–Trinajstić information content (AvgIpc) is 2.99. The molecule has 0 atom stereocenters. The minimum atomic E-state index is -4.52. The Hall–Kier alpha value is -4.00. The fraction of sp³-hybridized carbons (Fsp3) is 0.200. The number of halogens is 4. The number of nitrogen functional groups attached to an aromatic ring is 1. The molecule has 2 N–H and O–H groups in total. The first kappa shape index (κ1) is 29.5. The molecule has 42 heavy (non-hydrogen) atoms. The van der Waals surface area contributed by atoms with Crippen molar-refractivity contribution in [3.05, 3.63) is 143 Å². The molecular formula is C35H32ClF3N2O. The summed E-state index contributed by atoms with van der Waals surface area (Å²) < 4.78 is 47.1. The van der Waals surface area contributed by atoms with Crippen molar-refractivity contribution in [3.63, 3.8) is 0 Å². The number of nitrogens with zero attached hydrogens (tertiary/aromatic N) is 1. The smallest absolute Gasteiger partial charge is 0.417 e. The molecule has 5 rings (SSSR count). The van der Waals surface area contributed by atoms with Gasteiger partial charge in [-0.15, -0.1) is 0 Å². The first-order valence-corrected chi connectivity index (χ1v) is 14.3. The van der Waals surface area contributed by atoms with E-state index in [2.05, 4.69) is 29.2 Å². The Morgan fingerprint density at radius 3 is 2.02 bits per heavy atom. The van der Waals surface area contributed by atoms with Crippen LogP contribution in [0.2, 0.25) is 5.02 Å². The SMILES string of the molecule is Nc1cccc2c(OCCCN(Cc3cccc(C(F)(F)F)c3Cl)CC(c3ccccc3)c3ccccc3)cccc12. The number of benzene rings is 5. The summed E-state index contributed by atoms with van der Waals surface area (Å²) in [6.07, 6.45) is -3.87. The Morgan fingerprint density at radius 1 is 0.738 bits per heavy atom. The molecule has 0 fully saturated rings. The molecule has 216 valence electrons. The fourth-order valence-electron chi connectivity index (χ4n) is 5.33. The minimum Gasteiger partial charge on any atom is -0.493 e. The van der Waals surface area contributed by atoms with Crippen molar-refractivity contribution < 1.29 is 17.9 Å². The highest BCUT2D eigenvalue weighted by molar-refractivity contribution is 6.32. The Balaban J connectivity index is 1.38. The summed E-state index contributed by atoms with van der Waals surface area (Å²) >= 11 is 6.34. The van der Waals surface area contributed by atoms with Gasteiger partial charge in [0.05, 0.1) is 17.2 Å². The summed E-state index contributed by atoms with van der Waals surface area (Å²) in [7, 11) is 0. The van der Waals surface area contributed by atoms with E-state index in [1.807, 2.05) is 72.8 Å². The summed E-state index contributed by atoms with van der Waals surface area (Å²) in [6, 6.07) is 36.0. The monoisotopic (exact) mass is 588 g/mol. The second-order valence-corrected chi connectivity index (χ2v) is 10.7. The molecule has 5 aromatic carbocycles. The number of alkyl halides is 3. The van der Waals surface area contributed by atoms with Crippen molar-refractivity contribution in [2.75, 3.05) is 25.4 Å². The third-order valence-corrected chi connectivity index (χ3v) is 7.86. The number of fused-ring (bicyclic) bond motifs is 1. The number of anilines is 1. The maximum atomic E-state index is 13.6. The van der Waals surface area contributed by atoms with Crippen LogP contribution in [-0.4, -0.2) is 24.6 Å². The molecule has 0 aliphatic carbocycles. The molecule has 0 saturated heterocycles. The highest BCUT2D eigenvalue weighted by Gasteiger charge is 2.34. The zero-order valence-electron chi connectivity index (χ0n) is 23.0. The number of hydrogen-bond donors (Lipinski definition) is 1. The van der Waals surface area contributed by atoms with Gasteiger partial charge in [-0.05, 0) is 41.3 Å². The van der Waals surface area contributed by atoms with Gasteiger partial charge in [0.25, 0.3) is 0 Å². The first-order chi connectivity index (χ1) is 20.3. The van der Waals surface area contributed by atoms with E-state index in [0.29, 0.717) is 37.4 Å². The van der Waals surface area contributed by atoms with Crippen molar-refractivity contribution in [1.29, 1.82) is 0 Å². The van der Waals surface area contributed by atoms with Crippen molar-refractivity contribution in [2.24, 2.45) is 0 Å². The molecule has 3 nitrogen and oxygen atoms in total. The summed E-state index contributed by atoms with van der Waals surface area (Å²) in [5.41, 5.74) is 8.72. The van der Waals surface area contributed by atoms with Gasteiger partial charge >= 0.3 is 6.18 Å². The Labute approximate surface area is 249 Å². The standard InChI is InChI=1S/C35H32ClF3N2O/c36-34-27(15-7-18-31(34)35(37,38)39)23-41(24-30(25-11-3-1-4-12-25)26-13-5-2-6-14-26)21-10-22-42-33-20-9-16-28-29(33)17-8-19-32(28)40/h1-9,11-20,30H,10,21-24,40H2. The van der Waals surface area contributed by atoms with Crippen LogP contribution in [0.3, 0.4) is 0 Å². The lowest BCUT2D eigenvalue weighted by Gasteiger charge is -2.29. The normalized spacial score (nSPS) is 11.9. The van der Waals surface area contributed by atoms with Gasteiger partial charge in [-0.3, -0.25) is 4.90 Å². The molecule has 0 aromatic heterocycles. The van der Waals surface area contributed by atoms with Crippen LogP contribution in [0.5, 0.6) is 5.75 Å². The van der Waals surface area contributed by atoms with Crippen molar-refractivity contribution in [1.82, 2.24) is 4.90 Å². The van der Waals surface area contributed by atoms with Gasteiger partial charge in [0.15, 0.2) is 0 Å². The van der Waals surface area contributed by atoms with Gasteiger partial charge in [0, 0.05) is 42.0 Å². The van der Waals surface area contributed by atoms with Gasteiger partial charge in [-0.25, -0.2) is 0 Å². The summed E-state index contributed by atoms with van der Waals surface area (Å²) in [6.45, 7) is 1.88. The fourth-order valence-corrected chi connectivity index (χ4v) is 5.62. The summed E-state index contributed by atoms with van der Waals surface area (Å²) in [5.74, 6) is 0.762. The van der Waals surface area contributed by atoms with Crippen LogP contribution < -0.4 is 10.5 Å². The van der Waals surface area contributed by atoms with Gasteiger partial charge in [-0.1, -0.05) is 109 Å². The highest BCUT2D eigenvalue weighted by atomic mass is 35.5. The second kappa shape index (κ2) is 13.3. The maximum absolute atomic E-state index is 13.6. The van der Waals surface area contributed by atoms with Crippen LogP contribution in [-0.2, 0) is 12.7 Å². The molecule has 0 spiro atoms. The largest absolute Gasteiger partial charge is 0.493 e. The van der Waals surface area contributed by atoms with Crippen LogP contribution in [0, 0.1) is 0 Å². The minimum absolute atomic E-state index is 0.0129. The topological polar surface area (TPSA) is 38.5 Å². The molecule has 0 aliphatic heterocycles. The van der Waals surface area contributed by atoms with Crippen LogP contribution in [0.1, 0.15) is 34.6 Å². The quantitative estimate of drug-likeness (QED) is 0.123. The molecular weight excluding hydrogens is 557 g/mol. The lowest BCUT2D eigenvalue weighted by atomic mass is 9.90. The van der Waals surface area contributed by atoms with Crippen LogP contribution >= 0.6 is 11.6 Å². The van der Waals surface area contributed by atoms with E-state index in [1.165, 1.54) is 6.07 Å². The van der Waals surface area contributed by atoms with Crippen LogP contribution in [0.15, 0.2) is 115 Å². The van der Waals surface area contributed by atoms with Crippen LogP contribution in [0.4, 0.5) is 18.9 Å². The third kappa shape index (κ3) is 7.07. The number of ether oxygens (including phenoxy) is 1. The van der Waals surface area contributed by atoms with Crippen molar-refractivity contribution in [3.8, 4) is 5.75 Å². The van der Waals surface area contributed by atoms with Crippen molar-refractivity contribution >= 4 is 28.1 Å². The van der Waals surface area contributed by atoms with Crippen molar-refractivity contribution in [2.45, 2.75) is 25.1 Å². The molecule has 0 saturated carbocycles. The van der Waals surface area contributed by atoms with Gasteiger partial charge in [-0.2, -0.15) is 13.2 Å². The lowest BCUT2D eigenvalue weighted by molar-refractivity contribution is -0.137. The Bertz CT molecular complexity index is 1570. The molecule has 0 heterocycles. The number of nitrogens with two attached hydrogens (primary N) is 1. The molecule has 7 heteroatoms. The Morgan fingerprint density at radius 2 is 1.36 bits per heavy atom. The number of rotatable bonds is 11. The molecule has 0 bridgehead atoms. The van der Waals surface area contributed by atoms with Crippen LogP contribution in [0.25, 0.3) is 10.8 Å². The van der Waals surface area contributed by atoms with E-state index in [0.717, 1.165) is 33.7 Å². The zero-order chi connectivity index (χ0) is 29.5. The average molecular weight is 589 g/mol.